The van der Waals surface area contributed by atoms with Crippen LogP contribution in [-0.2, 0) is 14.1 Å². The summed E-state index contributed by atoms with van der Waals surface area (Å²) < 4.78 is 28.3. The Balaban J connectivity index is 0.000000107. The molecular weight excluding hydrogens is 1670 g/mol. The first kappa shape index (κ1) is 86.5. The first-order valence-electron chi connectivity index (χ1n) is 44.6. The third kappa shape index (κ3) is 19.1. The van der Waals surface area contributed by atoms with E-state index in [4.69, 9.17) is 28.2 Å². The van der Waals surface area contributed by atoms with Gasteiger partial charge in [0.2, 0.25) is 0 Å². The van der Waals surface area contributed by atoms with Gasteiger partial charge >= 0.3 is 0 Å². The van der Waals surface area contributed by atoms with Crippen LogP contribution in [0.25, 0.3) is 118 Å². The zero-order valence-electron chi connectivity index (χ0n) is 75.0. The van der Waals surface area contributed by atoms with Crippen LogP contribution in [0, 0.1) is 20.8 Å². The molecule has 5 fully saturated rings. The molecule has 0 amide bonds. The first-order chi connectivity index (χ1) is 63.9. The number of aryl methyl sites for hydroxylation is 5. The van der Waals surface area contributed by atoms with Gasteiger partial charge in [0.15, 0.2) is 34.4 Å². The summed E-state index contributed by atoms with van der Waals surface area (Å²) in [6.45, 7) is 30.2. The van der Waals surface area contributed by atoms with Crippen molar-refractivity contribution in [2.45, 2.75) is 72.5 Å². The van der Waals surface area contributed by atoms with E-state index in [0.29, 0.717) is 103 Å². The summed E-state index contributed by atoms with van der Waals surface area (Å²) in [7, 11) is 3.69. The molecule has 5 aliphatic heterocycles. The lowest BCUT2D eigenvalue weighted by molar-refractivity contribution is 0.353. The molecule has 5 aliphatic rings. The van der Waals surface area contributed by atoms with E-state index in [-0.39, 0.29) is 33.3 Å². The summed E-state index contributed by atoms with van der Waals surface area (Å²) in [5.41, 5.74) is 19.9. The molecule has 15 aromatic heterocycles. The molecule has 674 valence electrons. The number of benzene rings is 3. The molecule has 3 aromatic carbocycles. The highest BCUT2D eigenvalue weighted by Gasteiger charge is 2.28. The van der Waals surface area contributed by atoms with E-state index in [9.17, 15) is 24.0 Å². The lowest BCUT2D eigenvalue weighted by Crippen LogP contribution is -2.57. The molecule has 132 heavy (non-hydrogen) atoms. The number of piperazine rings is 4. The number of pyridine rings is 5. The second-order valence-corrected chi connectivity index (χ2v) is 34.7. The van der Waals surface area contributed by atoms with Gasteiger partial charge in [-0.15, -0.1) is 0 Å². The largest absolute Gasteiger partial charge is 0.441 e. The van der Waals surface area contributed by atoms with Crippen LogP contribution < -0.4 is 78.9 Å². The maximum atomic E-state index is 12.9. The minimum atomic E-state index is -0.102. The third-order valence-electron chi connectivity index (χ3n) is 24.2. The second-order valence-electron chi connectivity index (χ2n) is 34.7. The van der Waals surface area contributed by atoms with Crippen LogP contribution in [0.1, 0.15) is 51.8 Å². The Morgan fingerprint density at radius 1 is 0.333 bits per heavy atom. The van der Waals surface area contributed by atoms with Crippen molar-refractivity contribution in [1.29, 1.82) is 0 Å². The first-order valence-corrected chi connectivity index (χ1v) is 44.6. The van der Waals surface area contributed by atoms with Gasteiger partial charge in [0, 0.05) is 259 Å². The Morgan fingerprint density at radius 2 is 0.644 bits per heavy atom. The fraction of sp³-hybridized carbons (Fsp3) is 0.309. The summed E-state index contributed by atoms with van der Waals surface area (Å²) in [6, 6.07) is 45.5. The lowest BCUT2D eigenvalue weighted by atomic mass is 10.0. The quantitative estimate of drug-likeness (QED) is 0.0850. The number of fused-ring (bicyclic) bond motifs is 8. The number of rotatable bonds is 10. The van der Waals surface area contributed by atoms with E-state index in [0.717, 1.165) is 190 Å². The van der Waals surface area contributed by atoms with Gasteiger partial charge in [-0.05, 0) is 138 Å². The number of oxazole rings is 3. The molecule has 0 unspecified atom stereocenters. The van der Waals surface area contributed by atoms with Crippen LogP contribution in [0.3, 0.4) is 0 Å². The van der Waals surface area contributed by atoms with Gasteiger partial charge in [0.1, 0.15) is 44.8 Å². The van der Waals surface area contributed by atoms with E-state index >= 15 is 0 Å². The maximum Gasteiger partial charge on any atom is 0.258 e. The number of anilines is 5. The van der Waals surface area contributed by atoms with Crippen molar-refractivity contribution in [2.75, 3.05) is 136 Å². The Bertz CT molecular complexity index is 7500. The Labute approximate surface area is 756 Å². The fourth-order valence-electron chi connectivity index (χ4n) is 17.6. The molecule has 35 heteroatoms. The zero-order chi connectivity index (χ0) is 91.0. The molecule has 35 nitrogen and oxygen atoms in total. The molecule has 23 rings (SSSR count). The van der Waals surface area contributed by atoms with Crippen molar-refractivity contribution in [3.63, 3.8) is 0 Å². The number of hydrogen-bond donors (Lipinski definition) is 5. The molecular formula is C97H103N27O8. The number of hydrogen-bond acceptors (Lipinski definition) is 28. The minimum Gasteiger partial charge on any atom is -0.441 e. The van der Waals surface area contributed by atoms with Crippen molar-refractivity contribution in [1.82, 2.24) is 108 Å². The monoisotopic (exact) mass is 1770 g/mol. The molecule has 0 aliphatic carbocycles. The Hall–Kier alpha value is -14.9. The summed E-state index contributed by atoms with van der Waals surface area (Å²) in [6.07, 6.45) is 17.7. The second kappa shape index (κ2) is 36.9. The predicted molar refractivity (Wildman–Crippen MR) is 513 cm³/mol. The normalized spacial score (nSPS) is 16.6. The average Bonchev–Trinajstić information content (AvgIpc) is 1.03. The van der Waals surface area contributed by atoms with Gasteiger partial charge in [0.05, 0.1) is 69.3 Å². The third-order valence-corrected chi connectivity index (χ3v) is 24.2. The van der Waals surface area contributed by atoms with Crippen molar-refractivity contribution in [3.05, 3.63) is 271 Å². The van der Waals surface area contributed by atoms with E-state index in [1.165, 1.54) is 0 Å². The van der Waals surface area contributed by atoms with Crippen molar-refractivity contribution < 1.29 is 13.3 Å². The number of aromatic nitrogens is 17. The molecule has 5 saturated heterocycles. The van der Waals surface area contributed by atoms with Gasteiger partial charge in [-0.2, -0.15) is 10.2 Å². The van der Waals surface area contributed by atoms with Gasteiger partial charge in [0.25, 0.3) is 27.8 Å². The van der Waals surface area contributed by atoms with E-state index in [1.54, 1.807) is 74.1 Å². The average molecular weight is 1780 g/mol. The van der Waals surface area contributed by atoms with Gasteiger partial charge in [-0.1, -0.05) is 18.2 Å². The van der Waals surface area contributed by atoms with Crippen LogP contribution in [0.4, 0.5) is 28.4 Å². The fourth-order valence-corrected chi connectivity index (χ4v) is 17.6. The molecule has 2 atom stereocenters. The van der Waals surface area contributed by atoms with E-state index in [1.807, 2.05) is 194 Å². The minimum absolute atomic E-state index is 0.0397. The molecule has 5 N–H and O–H groups in total. The summed E-state index contributed by atoms with van der Waals surface area (Å²) in [5.74, 6) is 1.86. The van der Waals surface area contributed by atoms with Gasteiger partial charge < -0.3 is 64.3 Å². The SMILES string of the molecule is C[C@H]1CN(c2ccc3nc(-c4cnn(C)c4)cc(=O)n3c2)CCN1.Cc1nc2ccc(-c3cc(=O)n4cc(N5CCCNCC5)ccc4n3)cc2o1.Cc1nc2ccc(-c3cc(=O)n4cc(N5CCNC(C)(C)C5)ccc4n3)cc2o1.Cc1nc2ccc(-c3cc(=O)n4cc(N5CCN[C@H](C)C5)ccc4n3)cc2o1.Cn1cc(-c2cc(=O)n3cc(N4CCNCC4)ccc3n2)cn1. The van der Waals surface area contributed by atoms with Crippen LogP contribution in [0.2, 0.25) is 0 Å². The molecule has 0 spiro atoms. The van der Waals surface area contributed by atoms with Crippen LogP contribution in [0.5, 0.6) is 0 Å². The lowest BCUT2D eigenvalue weighted by Gasteiger charge is -2.40. The van der Waals surface area contributed by atoms with Crippen LogP contribution in [0.15, 0.2) is 239 Å². The number of nitrogens with one attached hydrogen (secondary N) is 5. The Morgan fingerprint density at radius 3 is 0.977 bits per heavy atom. The summed E-state index contributed by atoms with van der Waals surface area (Å²) >= 11 is 0. The topological polar surface area (TPSA) is 362 Å². The Kier molecular flexibility index (Phi) is 24.2. The standard InChI is InChI=1S/C22H23N5O2.2C21H21N5O2.C17H20N6O.C16H18N6O/c1-14-24-17-6-4-15(10-19(17)29-14)18-11-21(28)27-12-16(5-7-20(27)25-18)26-9-8-23-22(2,3)13-26;1-13-11-25(8-7-22-13)16-4-6-20-24-18(10-21(27)26(20)12-16)15-3-5-17-19(9-15)28-14(2)23-17;1-14-23-17-5-3-15(11-19(17)28-14)18-12-21(27)26-13-16(4-6-20(26)24-18)25-9-2-7-22-8-10-25;1-12-9-22(6-5-18-12)14-3-4-16-20-15(7-17(24)23(16)11-14)13-8-19-21(2)10-13;1-20-10-12(9-18-20)14-8-16(23)22-11-13(2-3-15(22)19-14)21-6-4-17-5-7-21/h4-7,10-12,23H,8-9,13H2,1-3H3;3-6,9-10,12-13,22H,7-8,11H2,1-2H3;3-6,11-13,22H,2,7-10H2,1H3;3-4,7-8,10-12,18H,5-6,9H2,1-2H3;2-3,8-11,17H,4-7H2,1H3/t;13-;;12-;/m.1.0./s1. The zero-order valence-corrected chi connectivity index (χ0v) is 75.0. The molecule has 20 heterocycles. The molecule has 0 bridgehead atoms. The van der Waals surface area contributed by atoms with Gasteiger partial charge in [-0.25, -0.2) is 39.9 Å². The maximum absolute atomic E-state index is 12.9. The van der Waals surface area contributed by atoms with Crippen molar-refractivity contribution >= 4 is 90.0 Å². The smallest absolute Gasteiger partial charge is 0.258 e. The van der Waals surface area contributed by atoms with Crippen molar-refractivity contribution in [3.8, 4) is 56.3 Å². The van der Waals surface area contributed by atoms with Crippen LogP contribution in [-0.4, -0.2) is 210 Å². The molecule has 18 aromatic rings. The molecule has 0 radical (unpaired) electrons. The van der Waals surface area contributed by atoms with Crippen molar-refractivity contribution in [2.24, 2.45) is 14.1 Å². The number of nitrogens with zero attached hydrogens (tertiary/aromatic N) is 22. The highest BCUT2D eigenvalue weighted by molar-refractivity contribution is 5.82. The molecule has 0 saturated carbocycles. The van der Waals surface area contributed by atoms with E-state index in [2.05, 4.69) is 114 Å². The summed E-state index contributed by atoms with van der Waals surface area (Å²) in [4.78, 5) is 111. The van der Waals surface area contributed by atoms with Crippen LogP contribution >= 0.6 is 0 Å². The highest BCUT2D eigenvalue weighted by atomic mass is 16.4. The van der Waals surface area contributed by atoms with E-state index < -0.39 is 0 Å². The summed E-state index contributed by atoms with van der Waals surface area (Å²) in [5, 5.41) is 25.4. The predicted octanol–water partition coefficient (Wildman–Crippen LogP) is 9.62. The van der Waals surface area contributed by atoms with Gasteiger partial charge in [-0.3, -0.25) is 55.3 Å². The highest BCUT2D eigenvalue weighted by Crippen LogP contribution is 2.31.